The zero-order valence-corrected chi connectivity index (χ0v) is 12.8. The number of nitrogens with zero attached hydrogens (tertiary/aromatic N) is 2. The molecule has 1 fully saturated rings. The number of rotatable bonds is 3. The molecule has 3 atom stereocenters. The molecular formula is C14H21F2N3O3. The third-order valence-corrected chi connectivity index (χ3v) is 3.73. The highest BCUT2D eigenvalue weighted by molar-refractivity contribution is 5.24. The number of aromatic nitrogens is 2. The molecule has 1 aliphatic rings. The smallest absolute Gasteiger partial charge is 0.349 e. The average Bonchev–Trinajstić information content (AvgIpc) is 2.59. The van der Waals surface area contributed by atoms with Crippen molar-refractivity contribution in [3.63, 3.8) is 0 Å². The first-order valence-corrected chi connectivity index (χ1v) is 7.07. The number of hydrogen-bond donors (Lipinski definition) is 2. The van der Waals surface area contributed by atoms with Gasteiger partial charge in [-0.1, -0.05) is 0 Å². The Kier molecular flexibility index (Phi) is 4.27. The number of hydrogen-bond acceptors (Lipinski definition) is 5. The van der Waals surface area contributed by atoms with E-state index in [1.54, 1.807) is 20.8 Å². The molecule has 1 aromatic rings. The van der Waals surface area contributed by atoms with E-state index in [1.165, 1.54) is 12.3 Å². The molecule has 124 valence electrons. The summed E-state index contributed by atoms with van der Waals surface area (Å²) < 4.78 is 35.0. The zero-order chi connectivity index (χ0) is 16.7. The van der Waals surface area contributed by atoms with Crippen molar-refractivity contribution in [1.82, 2.24) is 9.55 Å². The average molecular weight is 317 g/mol. The lowest BCUT2D eigenvalue weighted by Gasteiger charge is -2.25. The Morgan fingerprint density at radius 1 is 1.55 bits per heavy atom. The Morgan fingerprint density at radius 2 is 2.18 bits per heavy atom. The van der Waals surface area contributed by atoms with Crippen molar-refractivity contribution in [3.05, 3.63) is 22.7 Å². The predicted octanol–water partition coefficient (Wildman–Crippen LogP) is 1.20. The van der Waals surface area contributed by atoms with E-state index in [2.05, 4.69) is 4.98 Å². The summed E-state index contributed by atoms with van der Waals surface area (Å²) in [5.74, 6) is -4.23. The number of alkyl halides is 2. The van der Waals surface area contributed by atoms with Crippen LogP contribution >= 0.6 is 0 Å². The molecule has 0 amide bonds. The van der Waals surface area contributed by atoms with Crippen molar-refractivity contribution < 1.29 is 18.6 Å². The van der Waals surface area contributed by atoms with Crippen LogP contribution in [0.2, 0.25) is 0 Å². The SMILES string of the molecule is CC(C)(C)OC[C@H]1CC(n2ccc(N)nc2=O)C(F)(F)[C@@H]1O. The van der Waals surface area contributed by atoms with Gasteiger partial charge in [0.05, 0.1) is 12.2 Å². The summed E-state index contributed by atoms with van der Waals surface area (Å²) in [5, 5.41) is 9.90. The summed E-state index contributed by atoms with van der Waals surface area (Å²) in [5.41, 5.74) is 4.02. The van der Waals surface area contributed by atoms with E-state index in [1.807, 2.05) is 0 Å². The highest BCUT2D eigenvalue weighted by Crippen LogP contribution is 2.46. The fraction of sp³-hybridized carbons (Fsp3) is 0.714. The third-order valence-electron chi connectivity index (χ3n) is 3.73. The molecule has 0 spiro atoms. The van der Waals surface area contributed by atoms with Gasteiger partial charge in [0, 0.05) is 12.1 Å². The summed E-state index contributed by atoms with van der Waals surface area (Å²) in [7, 11) is 0. The van der Waals surface area contributed by atoms with Gasteiger partial charge in [-0.25, -0.2) is 13.6 Å². The minimum absolute atomic E-state index is 0.00604. The first kappa shape index (κ1) is 16.8. The molecule has 0 saturated heterocycles. The Labute approximate surface area is 126 Å². The molecule has 1 saturated carbocycles. The summed E-state index contributed by atoms with van der Waals surface area (Å²) in [6, 6.07) is -0.181. The monoisotopic (exact) mass is 317 g/mol. The maximum absolute atomic E-state index is 14.3. The van der Waals surface area contributed by atoms with Crippen LogP contribution in [0.1, 0.15) is 33.2 Å². The van der Waals surface area contributed by atoms with Gasteiger partial charge < -0.3 is 15.6 Å². The van der Waals surface area contributed by atoms with Crippen molar-refractivity contribution in [2.75, 3.05) is 12.3 Å². The molecule has 0 aliphatic heterocycles. The van der Waals surface area contributed by atoms with Crippen molar-refractivity contribution >= 4 is 5.82 Å². The van der Waals surface area contributed by atoms with Gasteiger partial charge in [-0.05, 0) is 33.3 Å². The van der Waals surface area contributed by atoms with Gasteiger partial charge in [-0.3, -0.25) is 4.57 Å². The zero-order valence-electron chi connectivity index (χ0n) is 12.8. The number of nitrogens with two attached hydrogens (primary N) is 1. The maximum atomic E-state index is 14.3. The van der Waals surface area contributed by atoms with Crippen LogP contribution in [-0.2, 0) is 4.74 Å². The highest BCUT2D eigenvalue weighted by atomic mass is 19.3. The molecule has 1 aliphatic carbocycles. The quantitative estimate of drug-likeness (QED) is 0.874. The van der Waals surface area contributed by atoms with Gasteiger partial charge in [0.25, 0.3) is 5.92 Å². The van der Waals surface area contributed by atoms with Crippen LogP contribution in [0.25, 0.3) is 0 Å². The van der Waals surface area contributed by atoms with Crippen LogP contribution in [0.5, 0.6) is 0 Å². The van der Waals surface area contributed by atoms with Crippen LogP contribution in [-0.4, -0.2) is 38.9 Å². The van der Waals surface area contributed by atoms with Crippen LogP contribution < -0.4 is 11.4 Å². The van der Waals surface area contributed by atoms with E-state index in [-0.39, 0.29) is 18.8 Å². The van der Waals surface area contributed by atoms with E-state index >= 15 is 0 Å². The summed E-state index contributed by atoms with van der Waals surface area (Å²) >= 11 is 0. The van der Waals surface area contributed by atoms with Crippen molar-refractivity contribution in [3.8, 4) is 0 Å². The van der Waals surface area contributed by atoms with Crippen LogP contribution in [0.15, 0.2) is 17.1 Å². The first-order valence-electron chi connectivity index (χ1n) is 7.07. The fourth-order valence-corrected chi connectivity index (χ4v) is 2.56. The number of aliphatic hydroxyl groups is 1. The lowest BCUT2D eigenvalue weighted by atomic mass is 10.1. The van der Waals surface area contributed by atoms with E-state index in [0.29, 0.717) is 0 Å². The van der Waals surface area contributed by atoms with Gasteiger partial charge >= 0.3 is 5.69 Å². The molecule has 0 radical (unpaired) electrons. The summed E-state index contributed by atoms with van der Waals surface area (Å²) in [4.78, 5) is 15.2. The number of aliphatic hydroxyl groups excluding tert-OH is 1. The number of nitrogen functional groups attached to an aromatic ring is 1. The van der Waals surface area contributed by atoms with E-state index < -0.39 is 35.3 Å². The van der Waals surface area contributed by atoms with Gasteiger partial charge in [-0.2, -0.15) is 4.98 Å². The molecule has 0 bridgehead atoms. The van der Waals surface area contributed by atoms with Crippen molar-refractivity contribution in [1.29, 1.82) is 0 Å². The normalized spacial score (nSPS) is 28.0. The Balaban J connectivity index is 2.24. The highest BCUT2D eigenvalue weighted by Gasteiger charge is 2.58. The number of anilines is 1. The second-order valence-electron chi connectivity index (χ2n) is 6.60. The topological polar surface area (TPSA) is 90.4 Å². The molecule has 1 heterocycles. The molecule has 22 heavy (non-hydrogen) atoms. The van der Waals surface area contributed by atoms with Crippen LogP contribution in [0, 0.1) is 5.92 Å². The first-order chi connectivity index (χ1) is 10.0. The minimum Gasteiger partial charge on any atom is -0.386 e. The molecular weight excluding hydrogens is 296 g/mol. The Bertz CT molecular complexity index is 598. The second-order valence-corrected chi connectivity index (χ2v) is 6.60. The van der Waals surface area contributed by atoms with Crippen LogP contribution in [0.4, 0.5) is 14.6 Å². The molecule has 1 aromatic heterocycles. The standard InChI is InChI=1S/C14H21F2N3O3/c1-13(2,3)22-7-8-6-9(14(15,16)11(8)20)19-5-4-10(17)18-12(19)21/h4-5,8-9,11,20H,6-7H2,1-3H3,(H2,17,18,21)/t8-,9?,11-/m1/s1. The molecule has 3 N–H and O–H groups in total. The maximum Gasteiger partial charge on any atom is 0.349 e. The Morgan fingerprint density at radius 3 is 2.73 bits per heavy atom. The van der Waals surface area contributed by atoms with E-state index in [0.717, 1.165) is 4.57 Å². The number of halogens is 2. The lowest BCUT2D eigenvalue weighted by molar-refractivity contribution is -0.131. The summed E-state index contributed by atoms with van der Waals surface area (Å²) in [6.07, 6.45) is -0.761. The van der Waals surface area contributed by atoms with E-state index in [9.17, 15) is 18.7 Å². The molecule has 2 rings (SSSR count). The van der Waals surface area contributed by atoms with E-state index in [4.69, 9.17) is 10.5 Å². The minimum atomic E-state index is -3.44. The molecule has 8 heteroatoms. The largest absolute Gasteiger partial charge is 0.386 e. The van der Waals surface area contributed by atoms with Gasteiger partial charge in [-0.15, -0.1) is 0 Å². The second kappa shape index (κ2) is 5.58. The fourth-order valence-electron chi connectivity index (χ4n) is 2.56. The lowest BCUT2D eigenvalue weighted by Crippen LogP contribution is -2.41. The van der Waals surface area contributed by atoms with Crippen molar-refractivity contribution in [2.24, 2.45) is 5.92 Å². The van der Waals surface area contributed by atoms with Gasteiger partial charge in [0.15, 0.2) is 0 Å². The molecule has 0 aromatic carbocycles. The van der Waals surface area contributed by atoms with Gasteiger partial charge in [0.2, 0.25) is 0 Å². The van der Waals surface area contributed by atoms with Crippen molar-refractivity contribution in [2.45, 2.75) is 50.9 Å². The number of ether oxygens (including phenoxy) is 1. The molecule has 6 nitrogen and oxygen atoms in total. The van der Waals surface area contributed by atoms with Gasteiger partial charge in [0.1, 0.15) is 18.0 Å². The predicted molar refractivity (Wildman–Crippen MR) is 76.7 cm³/mol. The Hall–Kier alpha value is -1.54. The molecule has 1 unspecified atom stereocenters. The van der Waals surface area contributed by atoms with Crippen LogP contribution in [0.3, 0.4) is 0 Å². The summed E-state index contributed by atoms with van der Waals surface area (Å²) in [6.45, 7) is 5.41. The third kappa shape index (κ3) is 3.27.